The molecule has 0 saturated carbocycles. The van der Waals surface area contributed by atoms with E-state index in [2.05, 4.69) is 36.9 Å². The van der Waals surface area contributed by atoms with Crippen molar-refractivity contribution in [1.82, 2.24) is 9.88 Å². The number of aromatic nitrogens is 1. The summed E-state index contributed by atoms with van der Waals surface area (Å²) in [5.41, 5.74) is 2.06. The van der Waals surface area contributed by atoms with E-state index in [-0.39, 0.29) is 0 Å². The number of carboxylic acids is 2. The average molecular weight is 352 g/mol. The van der Waals surface area contributed by atoms with Crippen LogP contribution in [-0.4, -0.2) is 59.3 Å². The van der Waals surface area contributed by atoms with Gasteiger partial charge in [0.25, 0.3) is 0 Å². The van der Waals surface area contributed by atoms with Gasteiger partial charge in [-0.15, -0.1) is 0 Å². The first-order chi connectivity index (χ1) is 11.7. The number of nitrogens with zero attached hydrogens (tertiary/aromatic N) is 2. The summed E-state index contributed by atoms with van der Waals surface area (Å²) in [5.74, 6) is -0.953. The molecule has 0 bridgehead atoms. The van der Waals surface area contributed by atoms with E-state index in [1.807, 2.05) is 0 Å². The fourth-order valence-corrected chi connectivity index (χ4v) is 2.16. The fraction of sp³-hybridized carbons (Fsp3) is 0.471. The van der Waals surface area contributed by atoms with E-state index in [4.69, 9.17) is 19.4 Å². The maximum absolute atomic E-state index is 9.55. The zero-order chi connectivity index (χ0) is 19.0. The van der Waals surface area contributed by atoms with E-state index in [1.54, 1.807) is 7.11 Å². The van der Waals surface area contributed by atoms with Gasteiger partial charge in [0.1, 0.15) is 5.69 Å². The summed E-state index contributed by atoms with van der Waals surface area (Å²) < 4.78 is 10.9. The summed E-state index contributed by atoms with van der Waals surface area (Å²) in [6, 6.07) is 0. The van der Waals surface area contributed by atoms with Crippen LogP contribution in [0.1, 0.15) is 37.8 Å². The molecule has 1 aromatic rings. The number of hydrogen-bond acceptors (Lipinski definition) is 6. The highest BCUT2D eigenvalue weighted by molar-refractivity contribution is 5.89. The van der Waals surface area contributed by atoms with Crippen LogP contribution in [0.25, 0.3) is 5.57 Å². The quantitative estimate of drug-likeness (QED) is 0.776. The molecule has 0 saturated heterocycles. The Morgan fingerprint density at radius 2 is 1.92 bits per heavy atom. The maximum Gasteiger partial charge on any atom is 0.328 e. The van der Waals surface area contributed by atoms with Gasteiger partial charge in [-0.1, -0.05) is 19.9 Å². The molecule has 1 aliphatic heterocycles. The topological polar surface area (TPSA) is 113 Å². The second kappa shape index (κ2) is 9.63. The number of oxazole rings is 1. The lowest BCUT2D eigenvalue weighted by molar-refractivity contribution is -0.134. The summed E-state index contributed by atoms with van der Waals surface area (Å²) in [5, 5.41) is 15.6. The van der Waals surface area contributed by atoms with Gasteiger partial charge >= 0.3 is 17.9 Å². The first kappa shape index (κ1) is 20.4. The lowest BCUT2D eigenvalue weighted by Crippen LogP contribution is -2.25. The van der Waals surface area contributed by atoms with Gasteiger partial charge in [0, 0.05) is 36.7 Å². The van der Waals surface area contributed by atoms with Gasteiger partial charge in [0.15, 0.2) is 0 Å². The number of ether oxygens (including phenoxy) is 1. The predicted octanol–water partition coefficient (Wildman–Crippen LogP) is 2.24. The molecule has 138 valence electrons. The number of methoxy groups -OCH3 is 1. The minimum atomic E-state index is -1.26. The number of carboxylic acid groups (broad SMARTS) is 2. The third-order valence-electron chi connectivity index (χ3n) is 3.34. The van der Waals surface area contributed by atoms with Crippen molar-refractivity contribution in [2.45, 2.75) is 26.2 Å². The van der Waals surface area contributed by atoms with E-state index >= 15 is 0 Å². The van der Waals surface area contributed by atoms with E-state index in [0.29, 0.717) is 29.9 Å². The molecule has 2 N–H and O–H groups in total. The number of rotatable bonds is 5. The lowest BCUT2D eigenvalue weighted by atomic mass is 10.1. The van der Waals surface area contributed by atoms with Gasteiger partial charge in [-0.3, -0.25) is 0 Å². The highest BCUT2D eigenvalue weighted by atomic mass is 16.6. The molecule has 25 heavy (non-hydrogen) atoms. The molecule has 0 aromatic carbocycles. The Balaban J connectivity index is 0.000000333. The molecule has 8 nitrogen and oxygen atoms in total. The molecule has 0 atom stereocenters. The molecule has 0 spiro atoms. The van der Waals surface area contributed by atoms with E-state index < -0.39 is 11.9 Å². The van der Waals surface area contributed by atoms with E-state index in [9.17, 15) is 9.59 Å². The summed E-state index contributed by atoms with van der Waals surface area (Å²) in [6.07, 6.45) is 4.37. The largest absolute Gasteiger partial charge is 0.478 e. The molecular formula is C17H24N2O6. The van der Waals surface area contributed by atoms with E-state index in [0.717, 1.165) is 30.8 Å². The Morgan fingerprint density at radius 1 is 1.32 bits per heavy atom. The minimum Gasteiger partial charge on any atom is -0.478 e. The molecule has 0 aliphatic carbocycles. The predicted molar refractivity (Wildman–Crippen MR) is 91.6 cm³/mol. The van der Waals surface area contributed by atoms with Crippen LogP contribution in [0.2, 0.25) is 0 Å². The van der Waals surface area contributed by atoms with Crippen molar-refractivity contribution in [3.63, 3.8) is 0 Å². The smallest absolute Gasteiger partial charge is 0.328 e. The van der Waals surface area contributed by atoms with Crippen molar-refractivity contribution in [3.05, 3.63) is 29.8 Å². The molecule has 0 radical (unpaired) electrons. The molecule has 1 aromatic heterocycles. The van der Waals surface area contributed by atoms with Crippen LogP contribution < -0.4 is 4.74 Å². The third-order valence-corrected chi connectivity index (χ3v) is 3.34. The van der Waals surface area contributed by atoms with Gasteiger partial charge in [0.2, 0.25) is 5.89 Å². The Morgan fingerprint density at radius 3 is 2.32 bits per heavy atom. The number of aliphatic carboxylic acids is 2. The second-order valence-corrected chi connectivity index (χ2v) is 5.82. The first-order valence-corrected chi connectivity index (χ1v) is 7.81. The normalized spacial score (nSPS) is 14.8. The molecule has 0 unspecified atom stereocenters. The lowest BCUT2D eigenvalue weighted by Gasteiger charge is -2.20. The second-order valence-electron chi connectivity index (χ2n) is 5.82. The van der Waals surface area contributed by atoms with Gasteiger partial charge in [-0.05, 0) is 13.5 Å². The van der Waals surface area contributed by atoms with Crippen LogP contribution in [-0.2, 0) is 9.59 Å². The molecule has 8 heteroatoms. The Labute approximate surface area is 146 Å². The molecule has 0 fully saturated rings. The minimum absolute atomic E-state index is 0.310. The van der Waals surface area contributed by atoms with Gasteiger partial charge in [-0.2, -0.15) is 0 Å². The summed E-state index contributed by atoms with van der Waals surface area (Å²) in [4.78, 5) is 25.9. The monoisotopic (exact) mass is 352 g/mol. The summed E-state index contributed by atoms with van der Waals surface area (Å²) in [7, 11) is 3.73. The highest BCUT2D eigenvalue weighted by Crippen LogP contribution is 2.30. The highest BCUT2D eigenvalue weighted by Gasteiger charge is 2.21. The van der Waals surface area contributed by atoms with Crippen LogP contribution >= 0.6 is 0 Å². The van der Waals surface area contributed by atoms with Crippen molar-refractivity contribution in [2.24, 2.45) is 0 Å². The standard InChI is InChI=1S/C13H20N2O2.C4H4O4/c1-9(2)11-13(16-4)17-12(14-11)10-6-5-7-15(3)8-10;5-3(6)1-2-4(7)8/h6,9H,5,7-8H2,1-4H3;1-2H,(H,5,6)(H,7,8)/b;2-1-. The molecule has 0 amide bonds. The number of hydrogen-bond donors (Lipinski definition) is 2. The average Bonchev–Trinajstić information content (AvgIpc) is 2.98. The molecule has 1 aliphatic rings. The summed E-state index contributed by atoms with van der Waals surface area (Å²) in [6.45, 7) is 6.16. The van der Waals surface area contributed by atoms with Crippen molar-refractivity contribution >= 4 is 17.5 Å². The number of likely N-dealkylation sites (N-methyl/N-ethyl adjacent to an activating group) is 1. The first-order valence-electron chi connectivity index (χ1n) is 7.81. The molecule has 2 rings (SSSR count). The van der Waals surface area contributed by atoms with Crippen molar-refractivity contribution in [3.8, 4) is 5.95 Å². The van der Waals surface area contributed by atoms with Crippen molar-refractivity contribution < 1.29 is 29.0 Å². The van der Waals surface area contributed by atoms with Crippen LogP contribution in [0, 0.1) is 0 Å². The zero-order valence-corrected chi connectivity index (χ0v) is 14.9. The van der Waals surface area contributed by atoms with Crippen LogP contribution in [0.3, 0.4) is 0 Å². The van der Waals surface area contributed by atoms with Crippen molar-refractivity contribution in [2.75, 3.05) is 27.2 Å². The van der Waals surface area contributed by atoms with Gasteiger partial charge in [-0.25, -0.2) is 14.6 Å². The number of carbonyl (C=O) groups is 2. The zero-order valence-electron chi connectivity index (χ0n) is 14.9. The van der Waals surface area contributed by atoms with Crippen LogP contribution in [0.4, 0.5) is 0 Å². The fourth-order valence-electron chi connectivity index (χ4n) is 2.16. The Hall–Kier alpha value is -2.61. The van der Waals surface area contributed by atoms with Gasteiger partial charge < -0.3 is 24.3 Å². The van der Waals surface area contributed by atoms with Crippen molar-refractivity contribution in [1.29, 1.82) is 0 Å². The molecular weight excluding hydrogens is 328 g/mol. The Bertz CT molecular complexity index is 644. The van der Waals surface area contributed by atoms with Crippen LogP contribution in [0.15, 0.2) is 22.6 Å². The van der Waals surface area contributed by atoms with Crippen LogP contribution in [0.5, 0.6) is 5.95 Å². The van der Waals surface area contributed by atoms with E-state index in [1.165, 1.54) is 0 Å². The third kappa shape index (κ3) is 6.80. The van der Waals surface area contributed by atoms with Gasteiger partial charge in [0.05, 0.1) is 7.11 Å². The maximum atomic E-state index is 9.55. The Kier molecular flexibility index (Phi) is 7.87. The molecule has 2 heterocycles. The summed E-state index contributed by atoms with van der Waals surface area (Å²) >= 11 is 0. The SMILES string of the molecule is COc1oc(C2=CCCN(C)C2)nc1C(C)C.O=C(O)/C=C\C(=O)O.